The molecule has 1 nitrogen and oxygen atoms in total. The number of rotatable bonds is 3. The van der Waals surface area contributed by atoms with Crippen molar-refractivity contribution in [2.24, 2.45) is 0 Å². The number of aryl methyl sites for hydroxylation is 1. The van der Waals surface area contributed by atoms with Gasteiger partial charge in [0.05, 0.1) is 16.1 Å². The molecular formula is C15H14F3NS. The molecule has 2 aromatic rings. The molecule has 0 N–H and O–H groups in total. The molecule has 0 saturated carbocycles. The molecule has 0 spiro atoms. The number of hydrogen-bond acceptors (Lipinski definition) is 2. The zero-order valence-corrected chi connectivity index (χ0v) is 12.0. The minimum Gasteiger partial charge on any atom is -0.241 e. The fourth-order valence-corrected chi connectivity index (χ4v) is 2.92. The molecule has 2 rings (SSSR count). The van der Waals surface area contributed by atoms with E-state index in [0.717, 1.165) is 39.7 Å². The molecule has 0 amide bonds. The van der Waals surface area contributed by atoms with E-state index in [0.29, 0.717) is 5.56 Å². The quantitative estimate of drug-likeness (QED) is 0.722. The van der Waals surface area contributed by atoms with Crippen LogP contribution in [0.15, 0.2) is 30.8 Å². The lowest BCUT2D eigenvalue weighted by atomic mass is 10.1. The number of thiazole rings is 1. The largest absolute Gasteiger partial charge is 0.416 e. The van der Waals surface area contributed by atoms with Crippen molar-refractivity contribution < 1.29 is 13.2 Å². The van der Waals surface area contributed by atoms with Crippen molar-refractivity contribution in [1.82, 2.24) is 4.98 Å². The Hall–Kier alpha value is -1.62. The summed E-state index contributed by atoms with van der Waals surface area (Å²) in [5.74, 6) is 0. The maximum Gasteiger partial charge on any atom is 0.416 e. The van der Waals surface area contributed by atoms with Crippen LogP contribution in [0.25, 0.3) is 16.1 Å². The Morgan fingerprint density at radius 2 is 1.85 bits per heavy atom. The Bertz CT molecular complexity index is 624. The average molecular weight is 297 g/mol. The van der Waals surface area contributed by atoms with E-state index in [-0.39, 0.29) is 0 Å². The second-order valence-corrected chi connectivity index (χ2v) is 5.46. The van der Waals surface area contributed by atoms with Gasteiger partial charge in [-0.1, -0.05) is 25.6 Å². The van der Waals surface area contributed by atoms with Crippen LogP contribution in [0.4, 0.5) is 13.2 Å². The van der Waals surface area contributed by atoms with Gasteiger partial charge in [0.15, 0.2) is 0 Å². The van der Waals surface area contributed by atoms with Gasteiger partial charge < -0.3 is 0 Å². The molecule has 0 radical (unpaired) electrons. The van der Waals surface area contributed by atoms with Gasteiger partial charge in [-0.25, -0.2) is 4.98 Å². The average Bonchev–Trinajstić information content (AvgIpc) is 2.79. The van der Waals surface area contributed by atoms with Gasteiger partial charge in [0, 0.05) is 5.56 Å². The van der Waals surface area contributed by atoms with Crippen molar-refractivity contribution in [3.63, 3.8) is 0 Å². The van der Waals surface area contributed by atoms with E-state index < -0.39 is 11.7 Å². The van der Waals surface area contributed by atoms with Gasteiger partial charge in [0.1, 0.15) is 5.01 Å². The predicted octanol–water partition coefficient (Wildman–Crippen LogP) is 5.56. The third-order valence-corrected chi connectivity index (χ3v) is 4.31. The van der Waals surface area contributed by atoms with Crippen LogP contribution in [0.3, 0.4) is 0 Å². The van der Waals surface area contributed by atoms with E-state index in [2.05, 4.69) is 11.6 Å². The van der Waals surface area contributed by atoms with Gasteiger partial charge in [0.25, 0.3) is 0 Å². The Kier molecular flexibility index (Phi) is 3.99. The van der Waals surface area contributed by atoms with Crippen LogP contribution in [0.5, 0.6) is 0 Å². The Morgan fingerprint density at radius 1 is 1.25 bits per heavy atom. The number of hydrogen-bond donors (Lipinski definition) is 0. The number of aromatic nitrogens is 1. The van der Waals surface area contributed by atoms with Gasteiger partial charge >= 0.3 is 6.18 Å². The summed E-state index contributed by atoms with van der Waals surface area (Å²) in [4.78, 5) is 5.43. The lowest BCUT2D eigenvalue weighted by Gasteiger charge is -2.06. The molecule has 106 valence electrons. The minimum absolute atomic E-state index is 0.646. The number of benzene rings is 1. The van der Waals surface area contributed by atoms with Crippen LogP contribution in [-0.2, 0) is 6.18 Å². The maximum absolute atomic E-state index is 12.5. The van der Waals surface area contributed by atoms with E-state index in [4.69, 9.17) is 0 Å². The molecule has 0 fully saturated rings. The van der Waals surface area contributed by atoms with Crippen LogP contribution in [-0.4, -0.2) is 4.98 Å². The highest BCUT2D eigenvalue weighted by atomic mass is 32.1. The monoisotopic (exact) mass is 297 g/mol. The van der Waals surface area contributed by atoms with E-state index in [1.165, 1.54) is 23.5 Å². The third kappa shape index (κ3) is 2.93. The first-order valence-corrected chi connectivity index (χ1v) is 6.97. The zero-order valence-electron chi connectivity index (χ0n) is 11.2. The first-order valence-electron chi connectivity index (χ1n) is 6.16. The SMILES string of the molecule is C=C(CC)c1sc(-c2ccc(C(F)(F)F)cc2)nc1C. The van der Waals surface area contributed by atoms with Gasteiger partial charge in [0.2, 0.25) is 0 Å². The lowest BCUT2D eigenvalue weighted by Crippen LogP contribution is -2.03. The zero-order chi connectivity index (χ0) is 14.9. The standard InChI is InChI=1S/C15H14F3NS/c1-4-9(2)13-10(3)19-14(20-13)11-5-7-12(8-6-11)15(16,17)18/h5-8H,2,4H2,1,3H3. The molecule has 0 bridgehead atoms. The van der Waals surface area contributed by atoms with E-state index in [1.807, 2.05) is 13.8 Å². The predicted molar refractivity (Wildman–Crippen MR) is 76.6 cm³/mol. The molecule has 0 unspecified atom stereocenters. The molecule has 20 heavy (non-hydrogen) atoms. The number of nitrogens with zero attached hydrogens (tertiary/aromatic N) is 1. The maximum atomic E-state index is 12.5. The van der Waals surface area contributed by atoms with Gasteiger partial charge in [-0.3, -0.25) is 0 Å². The first-order chi connectivity index (χ1) is 9.32. The molecule has 5 heteroatoms. The summed E-state index contributed by atoms with van der Waals surface area (Å²) < 4.78 is 37.6. The lowest BCUT2D eigenvalue weighted by molar-refractivity contribution is -0.137. The van der Waals surface area contributed by atoms with Gasteiger partial charge in [-0.15, -0.1) is 11.3 Å². The molecule has 0 atom stereocenters. The summed E-state index contributed by atoms with van der Waals surface area (Å²) in [6.45, 7) is 7.88. The summed E-state index contributed by atoms with van der Waals surface area (Å²) >= 11 is 1.47. The summed E-state index contributed by atoms with van der Waals surface area (Å²) in [6.07, 6.45) is -3.48. The summed E-state index contributed by atoms with van der Waals surface area (Å²) in [6, 6.07) is 5.08. The van der Waals surface area contributed by atoms with Crippen molar-refractivity contribution >= 4 is 16.9 Å². The van der Waals surface area contributed by atoms with Crippen LogP contribution in [0.2, 0.25) is 0 Å². The molecule has 0 saturated heterocycles. The van der Waals surface area contributed by atoms with Crippen molar-refractivity contribution in [2.45, 2.75) is 26.4 Å². The van der Waals surface area contributed by atoms with Crippen LogP contribution >= 0.6 is 11.3 Å². The summed E-state index contributed by atoms with van der Waals surface area (Å²) in [5.41, 5.74) is 1.92. The highest BCUT2D eigenvalue weighted by Crippen LogP contribution is 2.35. The van der Waals surface area contributed by atoms with Gasteiger partial charge in [-0.05, 0) is 31.1 Å². The first kappa shape index (κ1) is 14.8. The fourth-order valence-electron chi connectivity index (χ4n) is 1.81. The van der Waals surface area contributed by atoms with Crippen molar-refractivity contribution in [1.29, 1.82) is 0 Å². The van der Waals surface area contributed by atoms with Gasteiger partial charge in [-0.2, -0.15) is 13.2 Å². The van der Waals surface area contributed by atoms with Crippen molar-refractivity contribution in [2.75, 3.05) is 0 Å². The minimum atomic E-state index is -4.31. The highest BCUT2D eigenvalue weighted by Gasteiger charge is 2.30. The third-order valence-electron chi connectivity index (χ3n) is 3.00. The number of alkyl halides is 3. The molecule has 1 heterocycles. The van der Waals surface area contributed by atoms with E-state index >= 15 is 0 Å². The van der Waals surface area contributed by atoms with E-state index in [9.17, 15) is 13.2 Å². The van der Waals surface area contributed by atoms with Crippen LogP contribution in [0.1, 0.15) is 29.5 Å². The van der Waals surface area contributed by atoms with Crippen LogP contribution < -0.4 is 0 Å². The second-order valence-electron chi connectivity index (χ2n) is 4.47. The van der Waals surface area contributed by atoms with E-state index in [1.54, 1.807) is 0 Å². The molecule has 0 aliphatic carbocycles. The molecule has 1 aromatic carbocycles. The molecular weight excluding hydrogens is 283 g/mol. The molecule has 0 aliphatic heterocycles. The van der Waals surface area contributed by atoms with Crippen LogP contribution in [0, 0.1) is 6.92 Å². The number of halogens is 3. The van der Waals surface area contributed by atoms with Crippen molar-refractivity contribution in [3.05, 3.63) is 47.0 Å². The Labute approximate surface area is 119 Å². The highest BCUT2D eigenvalue weighted by molar-refractivity contribution is 7.16. The summed E-state index contributed by atoms with van der Waals surface area (Å²) in [5, 5.41) is 0.723. The molecule has 1 aromatic heterocycles. The number of allylic oxidation sites excluding steroid dienone is 1. The molecule has 0 aliphatic rings. The topological polar surface area (TPSA) is 12.9 Å². The smallest absolute Gasteiger partial charge is 0.241 e. The normalized spacial score (nSPS) is 11.7. The Morgan fingerprint density at radius 3 is 2.35 bits per heavy atom. The Balaban J connectivity index is 2.35. The second kappa shape index (κ2) is 5.40. The van der Waals surface area contributed by atoms with Crippen molar-refractivity contribution in [3.8, 4) is 10.6 Å². The fraction of sp³-hybridized carbons (Fsp3) is 0.267. The summed E-state index contributed by atoms with van der Waals surface area (Å²) in [7, 11) is 0.